The Hall–Kier alpha value is -0.980. The van der Waals surface area contributed by atoms with Gasteiger partial charge in [0.15, 0.2) is 0 Å². The predicted molar refractivity (Wildman–Crippen MR) is 73.5 cm³/mol. The largest absolute Gasteiger partial charge is 0.435 e. The summed E-state index contributed by atoms with van der Waals surface area (Å²) in [6, 6.07) is 7.17. The molecular weight excluding hydrogens is 362 g/mol. The maximum Gasteiger partial charge on any atom is 0.387 e. The van der Waals surface area contributed by atoms with Crippen molar-refractivity contribution in [1.29, 1.82) is 0 Å². The second-order valence-corrected chi connectivity index (χ2v) is 6.25. The lowest BCUT2D eigenvalue weighted by atomic mass is 10.1. The topological polar surface area (TPSA) is 26.3 Å². The molecule has 19 heavy (non-hydrogen) atoms. The normalized spacial score (nSPS) is 10.8. The third-order valence-corrected chi connectivity index (χ3v) is 4.66. The number of carbonyl (C=O) groups is 1. The van der Waals surface area contributed by atoms with E-state index in [2.05, 4.69) is 20.7 Å². The van der Waals surface area contributed by atoms with E-state index < -0.39 is 6.61 Å². The van der Waals surface area contributed by atoms with E-state index in [-0.39, 0.29) is 17.1 Å². The molecule has 0 bridgehead atoms. The molecule has 0 spiro atoms. The van der Waals surface area contributed by atoms with Crippen LogP contribution in [0.25, 0.3) is 0 Å². The molecule has 2 nitrogen and oxygen atoms in total. The van der Waals surface area contributed by atoms with E-state index in [1.807, 2.05) is 0 Å². The number of benzene rings is 1. The maximum absolute atomic E-state index is 12.1. The monoisotopic (exact) mass is 366 g/mol. The van der Waals surface area contributed by atoms with Gasteiger partial charge in [0.2, 0.25) is 5.78 Å². The van der Waals surface area contributed by atoms with Crippen LogP contribution < -0.4 is 4.74 Å². The van der Waals surface area contributed by atoms with E-state index >= 15 is 0 Å². The summed E-state index contributed by atoms with van der Waals surface area (Å²) < 4.78 is 29.1. The summed E-state index contributed by atoms with van der Waals surface area (Å²) in [5.41, 5.74) is 0.267. The Bertz CT molecular complexity index is 596. The fraction of sp³-hybridized carbons (Fsp3) is 0.0833. The highest BCUT2D eigenvalue weighted by molar-refractivity contribution is 9.11. The minimum absolute atomic E-state index is 0.0532. The van der Waals surface area contributed by atoms with Gasteiger partial charge in [-0.05, 0) is 34.1 Å². The first kappa shape index (κ1) is 14.4. The summed E-state index contributed by atoms with van der Waals surface area (Å²) in [5.74, 6) is -0.347. The fourth-order valence-electron chi connectivity index (χ4n) is 1.41. The van der Waals surface area contributed by atoms with E-state index in [1.54, 1.807) is 0 Å². The first-order valence-corrected chi connectivity index (χ1v) is 7.00. The van der Waals surface area contributed by atoms with Gasteiger partial charge in [-0.1, -0.05) is 23.7 Å². The molecule has 0 saturated heterocycles. The van der Waals surface area contributed by atoms with Gasteiger partial charge in [-0.3, -0.25) is 4.79 Å². The molecule has 0 radical (unpaired) electrons. The molecule has 0 N–H and O–H groups in total. The number of ketones is 1. The lowest BCUT2D eigenvalue weighted by Crippen LogP contribution is -2.04. The first-order chi connectivity index (χ1) is 8.97. The average molecular weight is 368 g/mol. The van der Waals surface area contributed by atoms with Crippen LogP contribution in [0.15, 0.2) is 34.1 Å². The number of hydrogen-bond donors (Lipinski definition) is 0. The van der Waals surface area contributed by atoms with Crippen molar-refractivity contribution in [2.75, 3.05) is 0 Å². The number of rotatable bonds is 4. The molecule has 0 saturated carbocycles. The van der Waals surface area contributed by atoms with Crippen molar-refractivity contribution in [3.8, 4) is 5.75 Å². The Kier molecular flexibility index (Phi) is 4.54. The minimum Gasteiger partial charge on any atom is -0.435 e. The molecule has 0 aliphatic carbocycles. The van der Waals surface area contributed by atoms with Crippen molar-refractivity contribution in [1.82, 2.24) is 0 Å². The van der Waals surface area contributed by atoms with Crippen LogP contribution >= 0.6 is 38.9 Å². The van der Waals surface area contributed by atoms with Crippen molar-refractivity contribution in [2.45, 2.75) is 6.61 Å². The summed E-state index contributed by atoms with van der Waals surface area (Å²) >= 11 is 10.2. The SMILES string of the molecule is O=C(c1cccc(OC(F)F)c1)c1cc(Cl)c(Br)s1. The minimum atomic E-state index is -2.92. The molecule has 1 heterocycles. The molecular formula is C12H6BrClF2O2S. The van der Waals surface area contributed by atoms with Crippen LogP contribution in [-0.4, -0.2) is 12.4 Å². The van der Waals surface area contributed by atoms with E-state index in [4.69, 9.17) is 11.6 Å². The average Bonchev–Trinajstić information content (AvgIpc) is 2.68. The zero-order valence-corrected chi connectivity index (χ0v) is 12.4. The maximum atomic E-state index is 12.1. The molecule has 2 aromatic rings. The number of hydrogen-bond acceptors (Lipinski definition) is 3. The second kappa shape index (κ2) is 5.98. The Morgan fingerprint density at radius 2 is 2.11 bits per heavy atom. The highest BCUT2D eigenvalue weighted by atomic mass is 79.9. The van der Waals surface area contributed by atoms with Gasteiger partial charge in [0, 0.05) is 5.56 Å². The van der Waals surface area contributed by atoms with Crippen LogP contribution in [0.3, 0.4) is 0 Å². The molecule has 0 fully saturated rings. The Morgan fingerprint density at radius 3 is 2.68 bits per heavy atom. The van der Waals surface area contributed by atoms with Gasteiger partial charge in [0.25, 0.3) is 0 Å². The molecule has 1 aromatic heterocycles. The summed E-state index contributed by atoms with van der Waals surface area (Å²) in [6.07, 6.45) is 0. The van der Waals surface area contributed by atoms with Crippen LogP contribution in [-0.2, 0) is 0 Å². The number of ether oxygens (including phenoxy) is 1. The van der Waals surface area contributed by atoms with Crippen LogP contribution in [0.4, 0.5) is 8.78 Å². The standard InChI is InChI=1S/C12H6BrClF2O2S/c13-11-8(14)5-9(19-11)10(17)6-2-1-3-7(4-6)18-12(15)16/h1-5,12H. The molecule has 0 amide bonds. The van der Waals surface area contributed by atoms with E-state index in [0.717, 1.165) is 0 Å². The van der Waals surface area contributed by atoms with Gasteiger partial charge < -0.3 is 4.74 Å². The van der Waals surface area contributed by atoms with Gasteiger partial charge >= 0.3 is 6.61 Å². The summed E-state index contributed by atoms with van der Waals surface area (Å²) in [7, 11) is 0. The third kappa shape index (κ3) is 3.52. The number of halogens is 4. The van der Waals surface area contributed by atoms with Gasteiger partial charge in [-0.2, -0.15) is 8.78 Å². The van der Waals surface area contributed by atoms with Crippen LogP contribution in [0.2, 0.25) is 5.02 Å². The zero-order valence-electron chi connectivity index (χ0n) is 9.20. The number of thiophene rings is 1. The second-order valence-electron chi connectivity index (χ2n) is 3.47. The van der Waals surface area contributed by atoms with E-state index in [0.29, 0.717) is 13.7 Å². The number of alkyl halides is 2. The quantitative estimate of drug-likeness (QED) is 0.711. The van der Waals surface area contributed by atoms with Gasteiger partial charge in [0.05, 0.1) is 13.7 Å². The summed E-state index contributed by atoms with van der Waals surface area (Å²) in [5, 5.41) is 0.438. The smallest absolute Gasteiger partial charge is 0.387 e. The summed E-state index contributed by atoms with van der Waals surface area (Å²) in [6.45, 7) is -2.92. The van der Waals surface area contributed by atoms with Crippen molar-refractivity contribution in [2.24, 2.45) is 0 Å². The van der Waals surface area contributed by atoms with E-state index in [9.17, 15) is 13.6 Å². The lowest BCUT2D eigenvalue weighted by molar-refractivity contribution is -0.0498. The van der Waals surface area contributed by atoms with Gasteiger partial charge in [0.1, 0.15) is 5.75 Å². The Morgan fingerprint density at radius 1 is 1.37 bits per heavy atom. The van der Waals surface area contributed by atoms with Crippen molar-refractivity contribution >= 4 is 44.7 Å². The molecule has 0 atom stereocenters. The molecule has 7 heteroatoms. The highest BCUT2D eigenvalue weighted by Crippen LogP contribution is 2.33. The Balaban J connectivity index is 2.28. The predicted octanol–water partition coefficient (Wildman–Crippen LogP) is 5.00. The molecule has 2 rings (SSSR count). The van der Waals surface area contributed by atoms with Crippen LogP contribution in [0.1, 0.15) is 15.2 Å². The summed E-state index contributed by atoms with van der Waals surface area (Å²) in [4.78, 5) is 12.6. The lowest BCUT2D eigenvalue weighted by Gasteiger charge is -2.05. The fourth-order valence-corrected chi connectivity index (χ4v) is 3.08. The first-order valence-electron chi connectivity index (χ1n) is 5.02. The van der Waals surface area contributed by atoms with Gasteiger partial charge in [-0.15, -0.1) is 11.3 Å². The van der Waals surface area contributed by atoms with Crippen molar-refractivity contribution < 1.29 is 18.3 Å². The third-order valence-electron chi connectivity index (χ3n) is 2.19. The molecule has 0 aliphatic heterocycles. The van der Waals surface area contributed by atoms with E-state index in [1.165, 1.54) is 41.7 Å². The van der Waals surface area contributed by atoms with Crippen molar-refractivity contribution in [3.63, 3.8) is 0 Å². The Labute approximate surface area is 125 Å². The molecule has 0 unspecified atom stereocenters. The molecule has 100 valence electrons. The van der Waals surface area contributed by atoms with Gasteiger partial charge in [-0.25, -0.2) is 0 Å². The zero-order chi connectivity index (χ0) is 14.0. The number of carbonyl (C=O) groups excluding carboxylic acids is 1. The van der Waals surface area contributed by atoms with Crippen molar-refractivity contribution in [3.05, 3.63) is 49.6 Å². The van der Waals surface area contributed by atoms with Crippen LogP contribution in [0.5, 0.6) is 5.75 Å². The molecule has 1 aromatic carbocycles. The van der Waals surface area contributed by atoms with Crippen LogP contribution in [0, 0.1) is 0 Å². The highest BCUT2D eigenvalue weighted by Gasteiger charge is 2.15. The molecule has 0 aliphatic rings.